The Morgan fingerprint density at radius 2 is 1.80 bits per heavy atom. The number of nitrogens with zero attached hydrogens (tertiary/aromatic N) is 1. The van der Waals surface area contributed by atoms with Crippen LogP contribution in [0.4, 0.5) is 4.39 Å². The molecule has 1 N–H and O–H groups in total. The fraction of sp³-hybridized carbons (Fsp3) is 0.185. The number of hydrogen-bond donors (Lipinski definition) is 1. The van der Waals surface area contributed by atoms with Crippen LogP contribution in [-0.4, -0.2) is 35.4 Å². The van der Waals surface area contributed by atoms with E-state index in [1.807, 2.05) is 6.92 Å². The summed E-state index contributed by atoms with van der Waals surface area (Å²) in [7, 11) is 1.51. The number of hydrogen-bond acceptors (Lipinski definition) is 5. The summed E-state index contributed by atoms with van der Waals surface area (Å²) < 4.78 is 24.5. The van der Waals surface area contributed by atoms with Gasteiger partial charge in [0.25, 0.3) is 11.7 Å². The molecular weight excluding hydrogens is 473 g/mol. The van der Waals surface area contributed by atoms with E-state index in [1.165, 1.54) is 30.2 Å². The summed E-state index contributed by atoms with van der Waals surface area (Å²) in [6, 6.07) is 16.2. The van der Waals surface area contributed by atoms with E-state index in [-0.39, 0.29) is 17.9 Å². The van der Waals surface area contributed by atoms with Crippen molar-refractivity contribution in [3.05, 3.63) is 99.8 Å². The van der Waals surface area contributed by atoms with Gasteiger partial charge in [-0.15, -0.1) is 0 Å². The summed E-state index contributed by atoms with van der Waals surface area (Å²) in [5.74, 6) is -1.44. The molecule has 0 aliphatic carbocycles. The molecule has 3 aromatic rings. The monoisotopic (exact) mass is 495 g/mol. The van der Waals surface area contributed by atoms with Gasteiger partial charge in [-0.25, -0.2) is 4.39 Å². The maximum absolute atomic E-state index is 13.4. The van der Waals surface area contributed by atoms with Crippen molar-refractivity contribution in [3.63, 3.8) is 0 Å². The number of ether oxygens (including phenoxy) is 2. The third-order valence-electron chi connectivity index (χ3n) is 5.71. The van der Waals surface area contributed by atoms with Crippen molar-refractivity contribution >= 4 is 29.1 Å². The summed E-state index contributed by atoms with van der Waals surface area (Å²) in [6.45, 7) is 2.22. The van der Waals surface area contributed by atoms with Gasteiger partial charge in [-0.05, 0) is 54.4 Å². The van der Waals surface area contributed by atoms with Crippen LogP contribution in [0.3, 0.4) is 0 Å². The fourth-order valence-electron chi connectivity index (χ4n) is 4.10. The molecule has 1 aliphatic heterocycles. The highest BCUT2D eigenvalue weighted by molar-refractivity contribution is 6.46. The van der Waals surface area contributed by atoms with Gasteiger partial charge in [0.1, 0.15) is 11.6 Å². The summed E-state index contributed by atoms with van der Waals surface area (Å²) in [4.78, 5) is 27.8. The van der Waals surface area contributed by atoms with Gasteiger partial charge in [-0.3, -0.25) is 9.59 Å². The molecule has 0 bridgehead atoms. The van der Waals surface area contributed by atoms with E-state index >= 15 is 0 Å². The zero-order valence-corrected chi connectivity index (χ0v) is 19.9. The van der Waals surface area contributed by atoms with Crippen LogP contribution in [0.1, 0.15) is 29.7 Å². The van der Waals surface area contributed by atoms with Crippen LogP contribution in [0.5, 0.6) is 11.5 Å². The van der Waals surface area contributed by atoms with Gasteiger partial charge in [0.05, 0.1) is 25.3 Å². The maximum Gasteiger partial charge on any atom is 0.295 e. The largest absolute Gasteiger partial charge is 0.507 e. The first-order valence-electron chi connectivity index (χ1n) is 10.9. The molecule has 1 heterocycles. The lowest BCUT2D eigenvalue weighted by Crippen LogP contribution is -2.29. The number of aliphatic hydroxyl groups is 1. The first kappa shape index (κ1) is 24.3. The minimum atomic E-state index is -0.927. The number of Topliss-reactive ketones (excluding diaryl/α,β-unsaturated/α-hetero) is 1. The van der Waals surface area contributed by atoms with Crippen LogP contribution in [0.15, 0.2) is 72.3 Å². The molecule has 1 unspecified atom stereocenters. The maximum atomic E-state index is 13.4. The van der Waals surface area contributed by atoms with E-state index in [1.54, 1.807) is 48.5 Å². The van der Waals surface area contributed by atoms with Crippen molar-refractivity contribution in [2.45, 2.75) is 19.5 Å². The number of benzene rings is 3. The van der Waals surface area contributed by atoms with Crippen molar-refractivity contribution in [1.29, 1.82) is 0 Å². The van der Waals surface area contributed by atoms with Crippen molar-refractivity contribution in [1.82, 2.24) is 4.90 Å². The van der Waals surface area contributed by atoms with E-state index in [0.29, 0.717) is 39.8 Å². The number of methoxy groups -OCH3 is 1. The summed E-state index contributed by atoms with van der Waals surface area (Å²) in [5, 5.41) is 11.5. The molecular formula is C27H23ClFNO5. The molecule has 1 aliphatic rings. The van der Waals surface area contributed by atoms with Crippen LogP contribution in [0, 0.1) is 5.82 Å². The lowest BCUT2D eigenvalue weighted by atomic mass is 9.94. The van der Waals surface area contributed by atoms with Gasteiger partial charge in [0.15, 0.2) is 11.5 Å². The summed E-state index contributed by atoms with van der Waals surface area (Å²) >= 11 is 6.09. The number of carbonyl (C=O) groups excluding carboxylic acids is 2. The Morgan fingerprint density at radius 1 is 1.06 bits per heavy atom. The normalized spacial score (nSPS) is 17.0. The van der Waals surface area contributed by atoms with E-state index in [2.05, 4.69) is 0 Å². The van der Waals surface area contributed by atoms with E-state index < -0.39 is 23.5 Å². The van der Waals surface area contributed by atoms with Gasteiger partial charge in [0.2, 0.25) is 0 Å². The number of ketones is 1. The first-order chi connectivity index (χ1) is 16.8. The van der Waals surface area contributed by atoms with E-state index in [4.69, 9.17) is 21.1 Å². The lowest BCUT2D eigenvalue weighted by molar-refractivity contribution is -0.140. The number of aliphatic hydroxyl groups excluding tert-OH is 1. The lowest BCUT2D eigenvalue weighted by Gasteiger charge is -2.26. The average Bonchev–Trinajstić information content (AvgIpc) is 3.10. The van der Waals surface area contributed by atoms with Crippen molar-refractivity contribution < 1.29 is 28.6 Å². The number of likely N-dealkylation sites (tertiary alicyclic amines) is 1. The summed E-state index contributed by atoms with van der Waals surface area (Å²) in [6.07, 6.45) is 0. The molecule has 35 heavy (non-hydrogen) atoms. The zero-order chi connectivity index (χ0) is 25.1. The Hall–Kier alpha value is -3.84. The fourth-order valence-corrected chi connectivity index (χ4v) is 4.29. The molecule has 3 aromatic carbocycles. The predicted octanol–water partition coefficient (Wildman–Crippen LogP) is 5.51. The van der Waals surface area contributed by atoms with Crippen LogP contribution in [0.25, 0.3) is 5.76 Å². The van der Waals surface area contributed by atoms with Gasteiger partial charge < -0.3 is 19.5 Å². The van der Waals surface area contributed by atoms with Gasteiger partial charge in [0, 0.05) is 17.1 Å². The molecule has 1 atom stereocenters. The van der Waals surface area contributed by atoms with E-state index in [9.17, 15) is 19.1 Å². The second-order valence-electron chi connectivity index (χ2n) is 7.91. The molecule has 1 amide bonds. The second kappa shape index (κ2) is 10.2. The molecule has 1 fully saturated rings. The highest BCUT2D eigenvalue weighted by atomic mass is 35.5. The Labute approximate surface area is 207 Å². The molecule has 180 valence electrons. The van der Waals surface area contributed by atoms with Gasteiger partial charge in [-0.1, -0.05) is 41.9 Å². The molecule has 8 heteroatoms. The highest BCUT2D eigenvalue weighted by Gasteiger charge is 2.46. The summed E-state index contributed by atoms with van der Waals surface area (Å²) in [5.41, 5.74) is 1.39. The topological polar surface area (TPSA) is 76.1 Å². The Morgan fingerprint density at radius 3 is 2.46 bits per heavy atom. The van der Waals surface area contributed by atoms with Gasteiger partial charge in [-0.2, -0.15) is 0 Å². The second-order valence-corrected chi connectivity index (χ2v) is 8.34. The standard InChI is InChI=1S/C27H23ClFNO5/c1-3-35-22-14-17(9-12-21(22)34-2)24-23(25(31)18-5-4-6-19(28)13-18)26(32)27(33)30(24)15-16-7-10-20(29)11-8-16/h4-14,24,31H,3,15H2,1-2H3/b25-23-. The highest BCUT2D eigenvalue weighted by Crippen LogP contribution is 2.42. The third-order valence-corrected chi connectivity index (χ3v) is 5.94. The number of halogens is 2. The molecule has 0 radical (unpaired) electrons. The van der Waals surface area contributed by atoms with Crippen molar-refractivity contribution in [2.24, 2.45) is 0 Å². The Bertz CT molecular complexity index is 1310. The number of amides is 1. The molecule has 0 saturated carbocycles. The van der Waals surface area contributed by atoms with Crippen LogP contribution < -0.4 is 9.47 Å². The Balaban J connectivity index is 1.89. The van der Waals surface area contributed by atoms with E-state index in [0.717, 1.165) is 0 Å². The number of rotatable bonds is 7. The molecule has 0 spiro atoms. The van der Waals surface area contributed by atoms with Crippen LogP contribution in [0.2, 0.25) is 5.02 Å². The van der Waals surface area contributed by atoms with Gasteiger partial charge >= 0.3 is 0 Å². The Kier molecular flexibility index (Phi) is 7.07. The van der Waals surface area contributed by atoms with Crippen LogP contribution >= 0.6 is 11.6 Å². The molecule has 0 aromatic heterocycles. The predicted molar refractivity (Wildman–Crippen MR) is 130 cm³/mol. The van der Waals surface area contributed by atoms with Crippen LogP contribution in [-0.2, 0) is 16.1 Å². The van der Waals surface area contributed by atoms with Crippen molar-refractivity contribution in [2.75, 3.05) is 13.7 Å². The molecule has 4 rings (SSSR count). The smallest absolute Gasteiger partial charge is 0.295 e. The first-order valence-corrected chi connectivity index (χ1v) is 11.3. The zero-order valence-electron chi connectivity index (χ0n) is 19.1. The molecule has 1 saturated heterocycles. The third kappa shape index (κ3) is 4.86. The minimum absolute atomic E-state index is 0.0256. The minimum Gasteiger partial charge on any atom is -0.507 e. The molecule has 6 nitrogen and oxygen atoms in total. The SMILES string of the molecule is CCOc1cc(C2/C(=C(/O)c3cccc(Cl)c3)C(=O)C(=O)N2Cc2ccc(F)cc2)ccc1OC. The number of carbonyl (C=O) groups is 2. The average molecular weight is 496 g/mol. The quantitative estimate of drug-likeness (QED) is 0.266. The van der Waals surface area contributed by atoms with Crippen molar-refractivity contribution in [3.8, 4) is 11.5 Å².